The number of benzene rings is 2. The van der Waals surface area contributed by atoms with E-state index in [0.29, 0.717) is 0 Å². The first-order valence-corrected chi connectivity index (χ1v) is 7.36. The van der Waals surface area contributed by atoms with Crippen molar-refractivity contribution < 1.29 is 5.11 Å². The van der Waals surface area contributed by atoms with Gasteiger partial charge in [-0.1, -0.05) is 42.5 Å². The van der Waals surface area contributed by atoms with Gasteiger partial charge in [0, 0.05) is 6.54 Å². The van der Waals surface area contributed by atoms with Crippen LogP contribution in [0.5, 0.6) is 0 Å². The van der Waals surface area contributed by atoms with Crippen molar-refractivity contribution in [3.8, 4) is 11.1 Å². The molecule has 0 aliphatic carbocycles. The molecule has 0 saturated carbocycles. The molecule has 104 valence electrons. The zero-order chi connectivity index (χ0) is 13.8. The molecule has 1 heterocycles. The van der Waals surface area contributed by atoms with Gasteiger partial charge in [-0.25, -0.2) is 0 Å². The first-order valence-electron chi connectivity index (χ1n) is 7.36. The maximum absolute atomic E-state index is 9.21. The summed E-state index contributed by atoms with van der Waals surface area (Å²) in [6, 6.07) is 16.9. The second-order valence-electron chi connectivity index (χ2n) is 5.54. The van der Waals surface area contributed by atoms with E-state index in [1.54, 1.807) is 0 Å². The van der Waals surface area contributed by atoms with Gasteiger partial charge in [0.1, 0.15) is 0 Å². The second kappa shape index (κ2) is 6.21. The Hall–Kier alpha value is -1.64. The largest absolute Gasteiger partial charge is 0.392 e. The van der Waals surface area contributed by atoms with Crippen LogP contribution in [0.3, 0.4) is 0 Å². The highest BCUT2D eigenvalue weighted by molar-refractivity contribution is 5.64. The number of aliphatic hydroxyl groups excluding tert-OH is 1. The normalized spacial score (nSPS) is 15.7. The molecule has 20 heavy (non-hydrogen) atoms. The fourth-order valence-electron chi connectivity index (χ4n) is 2.85. The Morgan fingerprint density at radius 2 is 1.60 bits per heavy atom. The predicted molar refractivity (Wildman–Crippen MR) is 82.3 cm³/mol. The zero-order valence-electron chi connectivity index (χ0n) is 11.8. The lowest BCUT2D eigenvalue weighted by Crippen LogP contribution is -2.18. The quantitative estimate of drug-likeness (QED) is 0.917. The van der Waals surface area contributed by atoms with E-state index in [4.69, 9.17) is 0 Å². The molecule has 3 rings (SSSR count). The van der Waals surface area contributed by atoms with Crippen LogP contribution in [-0.4, -0.2) is 23.1 Å². The molecule has 2 heteroatoms. The maximum Gasteiger partial charge on any atom is 0.0682 e. The molecule has 0 atom stereocenters. The third-order valence-corrected chi connectivity index (χ3v) is 4.00. The number of likely N-dealkylation sites (tertiary alicyclic amines) is 1. The van der Waals surface area contributed by atoms with Gasteiger partial charge in [-0.2, -0.15) is 0 Å². The Labute approximate surface area is 120 Å². The highest BCUT2D eigenvalue weighted by Crippen LogP contribution is 2.22. The lowest BCUT2D eigenvalue weighted by Gasteiger charge is -2.14. The minimum atomic E-state index is 0.0981. The van der Waals surface area contributed by atoms with E-state index < -0.39 is 0 Å². The van der Waals surface area contributed by atoms with Crippen LogP contribution in [-0.2, 0) is 13.2 Å². The molecule has 0 unspecified atom stereocenters. The molecule has 0 spiro atoms. The molecule has 0 amide bonds. The lowest BCUT2D eigenvalue weighted by molar-refractivity contribution is 0.282. The summed E-state index contributed by atoms with van der Waals surface area (Å²) in [6.07, 6.45) is 2.68. The number of nitrogens with zero attached hydrogens (tertiary/aromatic N) is 1. The molecule has 2 aromatic rings. The lowest BCUT2D eigenvalue weighted by atomic mass is 10.0. The van der Waals surface area contributed by atoms with Crippen molar-refractivity contribution in [2.24, 2.45) is 0 Å². The summed E-state index contributed by atoms with van der Waals surface area (Å²) in [5, 5.41) is 9.21. The summed E-state index contributed by atoms with van der Waals surface area (Å²) in [7, 11) is 0. The SMILES string of the molecule is OCc1cccc(-c2ccc(CN3CCCC3)cc2)c1. The number of hydrogen-bond donors (Lipinski definition) is 1. The molecule has 0 radical (unpaired) electrons. The van der Waals surface area contributed by atoms with Crippen molar-refractivity contribution in [1.82, 2.24) is 4.90 Å². The predicted octanol–water partition coefficient (Wildman–Crippen LogP) is 3.44. The average molecular weight is 267 g/mol. The highest BCUT2D eigenvalue weighted by atomic mass is 16.3. The first kappa shape index (κ1) is 13.3. The van der Waals surface area contributed by atoms with Crippen molar-refractivity contribution in [3.63, 3.8) is 0 Å². The van der Waals surface area contributed by atoms with E-state index in [2.05, 4.69) is 41.3 Å². The van der Waals surface area contributed by atoms with Crippen LogP contribution >= 0.6 is 0 Å². The summed E-state index contributed by atoms with van der Waals surface area (Å²) in [5.74, 6) is 0. The van der Waals surface area contributed by atoms with Gasteiger partial charge in [-0.15, -0.1) is 0 Å². The summed E-state index contributed by atoms with van der Waals surface area (Å²) < 4.78 is 0. The van der Waals surface area contributed by atoms with Crippen LogP contribution in [0.1, 0.15) is 24.0 Å². The van der Waals surface area contributed by atoms with Crippen molar-refractivity contribution in [3.05, 3.63) is 59.7 Å². The van der Waals surface area contributed by atoms with Gasteiger partial charge in [0.25, 0.3) is 0 Å². The van der Waals surface area contributed by atoms with Crippen molar-refractivity contribution in [2.45, 2.75) is 26.0 Å². The molecule has 2 aromatic carbocycles. The molecule has 2 nitrogen and oxygen atoms in total. The van der Waals surface area contributed by atoms with Crippen LogP contribution < -0.4 is 0 Å². The van der Waals surface area contributed by atoms with Crippen LogP contribution in [0.2, 0.25) is 0 Å². The molecule has 1 saturated heterocycles. The van der Waals surface area contributed by atoms with Gasteiger partial charge in [0.15, 0.2) is 0 Å². The third-order valence-electron chi connectivity index (χ3n) is 4.00. The fourth-order valence-corrected chi connectivity index (χ4v) is 2.85. The molecular formula is C18H21NO. The molecule has 1 aliphatic heterocycles. The zero-order valence-corrected chi connectivity index (χ0v) is 11.8. The molecule has 0 aromatic heterocycles. The van der Waals surface area contributed by atoms with E-state index in [0.717, 1.165) is 12.1 Å². The molecule has 1 aliphatic rings. The van der Waals surface area contributed by atoms with Crippen molar-refractivity contribution in [2.75, 3.05) is 13.1 Å². The standard InChI is InChI=1S/C18H21NO/c20-14-16-4-3-5-18(12-16)17-8-6-15(7-9-17)13-19-10-1-2-11-19/h3-9,12,20H,1-2,10-11,13-14H2. The van der Waals surface area contributed by atoms with Gasteiger partial charge < -0.3 is 5.11 Å². The Bertz CT molecular complexity index is 556. The summed E-state index contributed by atoms with van der Waals surface area (Å²) in [6.45, 7) is 3.64. The summed E-state index contributed by atoms with van der Waals surface area (Å²) >= 11 is 0. The Balaban J connectivity index is 1.74. The average Bonchev–Trinajstić information content (AvgIpc) is 3.01. The summed E-state index contributed by atoms with van der Waals surface area (Å²) in [4.78, 5) is 2.52. The summed E-state index contributed by atoms with van der Waals surface area (Å²) in [5.41, 5.74) is 4.73. The Kier molecular flexibility index (Phi) is 4.14. The van der Waals surface area contributed by atoms with Crippen molar-refractivity contribution in [1.29, 1.82) is 0 Å². The highest BCUT2D eigenvalue weighted by Gasteiger charge is 2.11. The van der Waals surface area contributed by atoms with Gasteiger partial charge in [0.2, 0.25) is 0 Å². The molecule has 0 bridgehead atoms. The minimum Gasteiger partial charge on any atom is -0.392 e. The Morgan fingerprint density at radius 1 is 0.850 bits per heavy atom. The molecule has 1 N–H and O–H groups in total. The minimum absolute atomic E-state index is 0.0981. The van der Waals surface area contributed by atoms with Crippen LogP contribution in [0, 0.1) is 0 Å². The van der Waals surface area contributed by atoms with E-state index in [-0.39, 0.29) is 6.61 Å². The topological polar surface area (TPSA) is 23.5 Å². The van der Waals surface area contributed by atoms with Crippen molar-refractivity contribution >= 4 is 0 Å². The fraction of sp³-hybridized carbons (Fsp3) is 0.333. The van der Waals surface area contributed by atoms with Gasteiger partial charge in [-0.05, 0) is 54.3 Å². The van der Waals surface area contributed by atoms with Crippen LogP contribution in [0.25, 0.3) is 11.1 Å². The van der Waals surface area contributed by atoms with Crippen LogP contribution in [0.4, 0.5) is 0 Å². The van der Waals surface area contributed by atoms with Gasteiger partial charge in [-0.3, -0.25) is 4.90 Å². The van der Waals surface area contributed by atoms with Gasteiger partial charge in [0.05, 0.1) is 6.61 Å². The smallest absolute Gasteiger partial charge is 0.0682 e. The molecule has 1 fully saturated rings. The van der Waals surface area contributed by atoms with E-state index in [1.165, 1.54) is 42.6 Å². The first-order chi connectivity index (χ1) is 9.85. The Morgan fingerprint density at radius 3 is 2.30 bits per heavy atom. The third kappa shape index (κ3) is 3.09. The number of hydrogen-bond acceptors (Lipinski definition) is 2. The van der Waals surface area contributed by atoms with E-state index in [9.17, 15) is 5.11 Å². The van der Waals surface area contributed by atoms with Gasteiger partial charge >= 0.3 is 0 Å². The molecular weight excluding hydrogens is 246 g/mol. The van der Waals surface area contributed by atoms with E-state index in [1.807, 2.05) is 12.1 Å². The van der Waals surface area contributed by atoms with Crippen LogP contribution in [0.15, 0.2) is 48.5 Å². The van der Waals surface area contributed by atoms with E-state index >= 15 is 0 Å². The number of rotatable bonds is 4. The number of aliphatic hydroxyl groups is 1. The maximum atomic E-state index is 9.21. The monoisotopic (exact) mass is 267 g/mol. The second-order valence-corrected chi connectivity index (χ2v) is 5.54.